The van der Waals surface area contributed by atoms with E-state index in [0.29, 0.717) is 24.3 Å². The number of amides is 1. The van der Waals surface area contributed by atoms with E-state index in [2.05, 4.69) is 25.2 Å². The van der Waals surface area contributed by atoms with E-state index in [0.717, 1.165) is 22.4 Å². The Morgan fingerprint density at radius 1 is 1.07 bits per heavy atom. The highest BCUT2D eigenvalue weighted by molar-refractivity contribution is 5.94. The number of hydrogen-bond acceptors (Lipinski definition) is 3. The first-order valence-electron chi connectivity index (χ1n) is 10.3. The highest BCUT2D eigenvalue weighted by Crippen LogP contribution is 2.40. The van der Waals surface area contributed by atoms with E-state index >= 15 is 0 Å². The molecule has 0 fully saturated rings. The van der Waals surface area contributed by atoms with Gasteiger partial charge in [-0.2, -0.15) is 0 Å². The van der Waals surface area contributed by atoms with Crippen molar-refractivity contribution in [3.8, 4) is 11.5 Å². The van der Waals surface area contributed by atoms with E-state index in [1.165, 1.54) is 0 Å². The third-order valence-corrected chi connectivity index (χ3v) is 5.28. The van der Waals surface area contributed by atoms with Crippen LogP contribution in [-0.2, 0) is 6.61 Å². The Bertz CT molecular complexity index is 1040. The fraction of sp³-hybridized carbons (Fsp3) is 0.269. The van der Waals surface area contributed by atoms with Gasteiger partial charge in [-0.3, -0.25) is 4.79 Å². The highest BCUT2D eigenvalue weighted by atomic mass is 16.5. The number of carbonyl (C=O) groups excluding carboxylic acids is 1. The third-order valence-electron chi connectivity index (χ3n) is 5.28. The van der Waals surface area contributed by atoms with Crippen molar-refractivity contribution in [3.63, 3.8) is 0 Å². The maximum Gasteiger partial charge on any atom is 0.251 e. The summed E-state index contributed by atoms with van der Waals surface area (Å²) in [5.74, 6) is 1.40. The molecule has 0 aliphatic carbocycles. The Morgan fingerprint density at radius 2 is 1.87 bits per heavy atom. The summed E-state index contributed by atoms with van der Waals surface area (Å²) in [6.45, 7) is 6.61. The molecular weight excluding hydrogens is 374 g/mol. The van der Waals surface area contributed by atoms with Crippen molar-refractivity contribution in [2.45, 2.75) is 45.4 Å². The Balaban J connectivity index is 1.49. The average molecular weight is 402 g/mol. The van der Waals surface area contributed by atoms with Gasteiger partial charge in [-0.25, -0.2) is 0 Å². The Morgan fingerprint density at radius 3 is 2.67 bits per heavy atom. The molecule has 3 aromatic carbocycles. The van der Waals surface area contributed by atoms with Crippen LogP contribution in [0.25, 0.3) is 0 Å². The topological polar surface area (TPSA) is 47.6 Å². The van der Waals surface area contributed by atoms with Crippen LogP contribution in [0.5, 0.6) is 11.5 Å². The number of benzene rings is 3. The summed E-state index contributed by atoms with van der Waals surface area (Å²) in [6.07, 6.45) is 0.707. The molecule has 154 valence electrons. The zero-order chi connectivity index (χ0) is 21.1. The largest absolute Gasteiger partial charge is 0.489 e. The molecule has 4 nitrogen and oxygen atoms in total. The summed E-state index contributed by atoms with van der Waals surface area (Å²) in [6, 6.07) is 23.3. The van der Waals surface area contributed by atoms with Crippen molar-refractivity contribution in [2.24, 2.45) is 0 Å². The quantitative estimate of drug-likeness (QED) is 0.605. The van der Waals surface area contributed by atoms with Gasteiger partial charge in [0.2, 0.25) is 0 Å². The zero-order valence-corrected chi connectivity index (χ0v) is 17.6. The molecule has 1 heterocycles. The molecule has 1 aliphatic rings. The molecule has 0 spiro atoms. The van der Waals surface area contributed by atoms with Gasteiger partial charge in [-0.1, -0.05) is 48.5 Å². The number of fused-ring (bicyclic) bond motifs is 1. The van der Waals surface area contributed by atoms with Crippen LogP contribution in [0.1, 0.15) is 53.4 Å². The summed E-state index contributed by atoms with van der Waals surface area (Å²) in [7, 11) is 0. The first-order valence-corrected chi connectivity index (χ1v) is 10.3. The van der Waals surface area contributed by atoms with Crippen LogP contribution in [0.2, 0.25) is 0 Å². The number of ether oxygens (including phenoxy) is 2. The monoisotopic (exact) mass is 401 g/mol. The van der Waals surface area contributed by atoms with E-state index < -0.39 is 0 Å². The van der Waals surface area contributed by atoms with E-state index in [-0.39, 0.29) is 17.6 Å². The summed E-state index contributed by atoms with van der Waals surface area (Å²) in [5, 5.41) is 3.19. The van der Waals surface area contributed by atoms with E-state index in [1.54, 1.807) is 6.07 Å². The summed E-state index contributed by atoms with van der Waals surface area (Å²) >= 11 is 0. The predicted molar refractivity (Wildman–Crippen MR) is 118 cm³/mol. The second-order valence-electron chi connectivity index (χ2n) is 8.44. The predicted octanol–water partition coefficient (Wildman–Crippen LogP) is 5.61. The van der Waals surface area contributed by atoms with Gasteiger partial charge in [0.25, 0.3) is 5.91 Å². The lowest BCUT2D eigenvalue weighted by Gasteiger charge is -2.38. The normalized spacial score (nSPS) is 16.8. The van der Waals surface area contributed by atoms with Gasteiger partial charge >= 0.3 is 0 Å². The Labute approximate surface area is 177 Å². The van der Waals surface area contributed by atoms with E-state index in [4.69, 9.17) is 9.47 Å². The number of carbonyl (C=O) groups is 1. The van der Waals surface area contributed by atoms with Crippen LogP contribution in [-0.4, -0.2) is 11.5 Å². The molecule has 3 aromatic rings. The number of nitrogens with one attached hydrogen (secondary N) is 1. The molecule has 4 heteroatoms. The number of hydrogen-bond donors (Lipinski definition) is 1. The zero-order valence-electron chi connectivity index (χ0n) is 17.6. The van der Waals surface area contributed by atoms with E-state index in [9.17, 15) is 4.79 Å². The maximum atomic E-state index is 13.0. The first-order chi connectivity index (χ1) is 14.4. The second kappa shape index (κ2) is 8.23. The van der Waals surface area contributed by atoms with Crippen LogP contribution in [0.4, 0.5) is 0 Å². The number of aryl methyl sites for hydroxylation is 1. The Kier molecular flexibility index (Phi) is 5.49. The summed E-state index contributed by atoms with van der Waals surface area (Å²) < 4.78 is 12.0. The van der Waals surface area contributed by atoms with Gasteiger partial charge in [0, 0.05) is 17.5 Å². The lowest BCUT2D eigenvalue weighted by molar-refractivity contribution is 0.0619. The molecule has 0 bridgehead atoms. The first kappa shape index (κ1) is 20.0. The van der Waals surface area contributed by atoms with Crippen LogP contribution in [0, 0.1) is 6.92 Å². The molecule has 0 saturated heterocycles. The van der Waals surface area contributed by atoms with Gasteiger partial charge in [-0.05, 0) is 56.2 Å². The minimum atomic E-state index is -0.348. The lowest BCUT2D eigenvalue weighted by Crippen LogP contribution is -2.41. The number of rotatable bonds is 5. The molecule has 1 aliphatic heterocycles. The minimum absolute atomic E-state index is 0.106. The molecule has 0 saturated carbocycles. The Hall–Kier alpha value is -3.27. The molecule has 1 amide bonds. The fourth-order valence-corrected chi connectivity index (χ4v) is 3.80. The third kappa shape index (κ3) is 4.65. The summed E-state index contributed by atoms with van der Waals surface area (Å²) in [5.41, 5.74) is 3.48. The molecule has 0 aromatic heterocycles. The molecule has 0 unspecified atom stereocenters. The fourth-order valence-electron chi connectivity index (χ4n) is 3.80. The van der Waals surface area contributed by atoms with Gasteiger partial charge in [-0.15, -0.1) is 0 Å². The smallest absolute Gasteiger partial charge is 0.251 e. The molecule has 0 radical (unpaired) electrons. The van der Waals surface area contributed by atoms with Crippen molar-refractivity contribution in [1.29, 1.82) is 0 Å². The van der Waals surface area contributed by atoms with Crippen molar-refractivity contribution < 1.29 is 14.3 Å². The lowest BCUT2D eigenvalue weighted by atomic mass is 9.89. The van der Waals surface area contributed by atoms with Gasteiger partial charge in [0.1, 0.15) is 23.7 Å². The molecule has 30 heavy (non-hydrogen) atoms. The maximum absolute atomic E-state index is 13.0. The second-order valence-corrected chi connectivity index (χ2v) is 8.44. The van der Waals surface area contributed by atoms with Crippen molar-refractivity contribution >= 4 is 5.91 Å². The highest BCUT2D eigenvalue weighted by Gasteiger charge is 2.34. The molecule has 4 rings (SSSR count). The van der Waals surface area contributed by atoms with E-state index in [1.807, 2.05) is 67.6 Å². The SMILES string of the molecule is Cc1ccc2c(c1)OC(C)(C)C[C@@H]2NC(=O)c1cccc(OCc2ccccc2)c1. The minimum Gasteiger partial charge on any atom is -0.489 e. The standard InChI is InChI=1S/C26H27NO3/c1-18-12-13-22-23(16-26(2,3)30-24(22)14-18)27-25(28)20-10-7-11-21(15-20)29-17-19-8-5-4-6-9-19/h4-15,23H,16-17H2,1-3H3,(H,27,28)/t23-/m0/s1. The van der Waals surface area contributed by atoms with Crippen molar-refractivity contribution in [2.75, 3.05) is 0 Å². The summed E-state index contributed by atoms with van der Waals surface area (Å²) in [4.78, 5) is 13.0. The van der Waals surface area contributed by atoms with Crippen molar-refractivity contribution in [1.82, 2.24) is 5.32 Å². The molecular formula is C26H27NO3. The van der Waals surface area contributed by atoms with Gasteiger partial charge in [0.15, 0.2) is 0 Å². The van der Waals surface area contributed by atoms with Crippen LogP contribution in [0.3, 0.4) is 0 Å². The van der Waals surface area contributed by atoms with Crippen LogP contribution >= 0.6 is 0 Å². The molecule has 1 atom stereocenters. The van der Waals surface area contributed by atoms with Gasteiger partial charge in [0.05, 0.1) is 6.04 Å². The van der Waals surface area contributed by atoms with Gasteiger partial charge < -0.3 is 14.8 Å². The van der Waals surface area contributed by atoms with Crippen LogP contribution < -0.4 is 14.8 Å². The van der Waals surface area contributed by atoms with Crippen LogP contribution in [0.15, 0.2) is 72.8 Å². The average Bonchev–Trinajstić information content (AvgIpc) is 2.72. The van der Waals surface area contributed by atoms with Crippen molar-refractivity contribution in [3.05, 3.63) is 95.1 Å². The molecule has 1 N–H and O–H groups in total.